The molecule has 0 bridgehead atoms. The minimum absolute atomic E-state index is 0.397. The van der Waals surface area contributed by atoms with Gasteiger partial charge in [-0.25, -0.2) is 0 Å². The van der Waals surface area contributed by atoms with Crippen LogP contribution in [-0.4, -0.2) is 5.88 Å². The molecule has 0 aliphatic carbocycles. The van der Waals surface area contributed by atoms with Gasteiger partial charge in [-0.3, -0.25) is 0 Å². The number of hydrogen-bond donors (Lipinski definition) is 0. The van der Waals surface area contributed by atoms with Gasteiger partial charge in [-0.2, -0.15) is 0 Å². The Labute approximate surface area is 69.2 Å². The summed E-state index contributed by atoms with van der Waals surface area (Å²) < 4.78 is 5.01. The zero-order chi connectivity index (χ0) is 7.40. The van der Waals surface area contributed by atoms with Crippen LogP contribution in [0.3, 0.4) is 0 Å². The van der Waals surface area contributed by atoms with Crippen LogP contribution in [0, 0.1) is 0 Å². The van der Waals surface area contributed by atoms with Crippen molar-refractivity contribution in [2.45, 2.75) is 0 Å². The predicted octanol–water partition coefficient (Wildman–Crippen LogP) is 3.19. The third-order valence-corrected chi connectivity index (χ3v) is 1.35. The van der Waals surface area contributed by atoms with Crippen LogP contribution < -0.4 is 0 Å². The van der Waals surface area contributed by atoms with E-state index in [1.807, 2.05) is 0 Å². The number of rotatable bonds is 2. The van der Waals surface area contributed by atoms with E-state index in [1.165, 1.54) is 0 Å². The van der Waals surface area contributed by atoms with Gasteiger partial charge in [0.05, 0.1) is 0 Å². The Morgan fingerprint density at radius 2 is 2.30 bits per heavy atom. The van der Waals surface area contributed by atoms with E-state index in [-0.39, 0.29) is 0 Å². The third-order valence-electron chi connectivity index (χ3n) is 0.965. The van der Waals surface area contributed by atoms with Crippen LogP contribution in [-0.2, 0) is 0 Å². The number of halogens is 2. The highest BCUT2D eigenvalue weighted by atomic mass is 35.5. The topological polar surface area (TPSA) is 13.1 Å². The van der Waals surface area contributed by atoms with Gasteiger partial charge in [0, 0.05) is 5.88 Å². The van der Waals surface area contributed by atoms with Crippen LogP contribution in [0.1, 0.15) is 5.76 Å². The van der Waals surface area contributed by atoms with E-state index >= 15 is 0 Å². The van der Waals surface area contributed by atoms with Gasteiger partial charge in [-0.05, 0) is 29.8 Å². The van der Waals surface area contributed by atoms with Crippen LogP contribution in [0.15, 0.2) is 22.6 Å². The first-order valence-electron chi connectivity index (χ1n) is 2.81. The second kappa shape index (κ2) is 3.69. The molecule has 0 saturated heterocycles. The highest BCUT2D eigenvalue weighted by Gasteiger charge is 1.92. The van der Waals surface area contributed by atoms with Crippen LogP contribution in [0.2, 0.25) is 5.22 Å². The number of furan rings is 1. The summed E-state index contributed by atoms with van der Waals surface area (Å²) in [6, 6.07) is 3.47. The monoisotopic (exact) mass is 176 g/mol. The first-order valence-corrected chi connectivity index (χ1v) is 3.72. The van der Waals surface area contributed by atoms with Crippen LogP contribution >= 0.6 is 23.2 Å². The number of allylic oxidation sites excluding steroid dienone is 1. The normalized spacial score (nSPS) is 11.0. The van der Waals surface area contributed by atoms with Crippen molar-refractivity contribution < 1.29 is 4.42 Å². The summed E-state index contributed by atoms with van der Waals surface area (Å²) in [5.74, 6) is 1.21. The maximum Gasteiger partial charge on any atom is 0.193 e. The fourth-order valence-corrected chi connectivity index (χ4v) is 0.820. The zero-order valence-corrected chi connectivity index (χ0v) is 6.69. The molecule has 1 heterocycles. The molecule has 0 unspecified atom stereocenters. The van der Waals surface area contributed by atoms with Crippen molar-refractivity contribution in [1.29, 1.82) is 0 Å². The largest absolute Gasteiger partial charge is 0.445 e. The molecule has 0 saturated carbocycles. The smallest absolute Gasteiger partial charge is 0.193 e. The summed E-state index contributed by atoms with van der Waals surface area (Å²) in [7, 11) is 0. The van der Waals surface area contributed by atoms with Gasteiger partial charge in [-0.1, -0.05) is 6.08 Å². The molecule has 1 aromatic rings. The quantitative estimate of drug-likeness (QED) is 0.632. The molecular formula is C7H6Cl2O. The molecule has 0 N–H and O–H groups in total. The van der Waals surface area contributed by atoms with Gasteiger partial charge in [-0.15, -0.1) is 11.6 Å². The number of hydrogen-bond acceptors (Lipinski definition) is 1. The van der Waals surface area contributed by atoms with Crippen molar-refractivity contribution in [3.8, 4) is 0 Å². The van der Waals surface area contributed by atoms with Crippen molar-refractivity contribution in [2.75, 3.05) is 5.88 Å². The molecule has 54 valence electrons. The SMILES string of the molecule is ClCC=Cc1ccc(Cl)o1. The second-order valence-electron chi connectivity index (χ2n) is 1.70. The molecule has 0 aromatic carbocycles. The van der Waals surface area contributed by atoms with Gasteiger partial charge in [0.15, 0.2) is 5.22 Å². The Bertz CT molecular complexity index is 227. The average molecular weight is 177 g/mol. The van der Waals surface area contributed by atoms with E-state index in [0.29, 0.717) is 11.1 Å². The minimum Gasteiger partial charge on any atom is -0.445 e. The fraction of sp³-hybridized carbons (Fsp3) is 0.143. The van der Waals surface area contributed by atoms with Crippen molar-refractivity contribution >= 4 is 29.3 Å². The fourth-order valence-electron chi connectivity index (χ4n) is 0.579. The van der Waals surface area contributed by atoms with E-state index in [2.05, 4.69) is 0 Å². The second-order valence-corrected chi connectivity index (χ2v) is 2.38. The molecule has 0 aliphatic heterocycles. The third kappa shape index (κ3) is 2.09. The van der Waals surface area contributed by atoms with Gasteiger partial charge in [0.1, 0.15) is 5.76 Å². The Hall–Kier alpha value is -0.400. The molecule has 0 fully saturated rings. The molecular weight excluding hydrogens is 171 g/mol. The van der Waals surface area contributed by atoms with Gasteiger partial charge >= 0.3 is 0 Å². The van der Waals surface area contributed by atoms with E-state index < -0.39 is 0 Å². The van der Waals surface area contributed by atoms with Crippen molar-refractivity contribution in [3.05, 3.63) is 29.2 Å². The molecule has 0 amide bonds. The summed E-state index contributed by atoms with van der Waals surface area (Å²) in [4.78, 5) is 0. The molecule has 1 nitrogen and oxygen atoms in total. The Balaban J connectivity index is 2.67. The molecule has 0 atom stereocenters. The lowest BCUT2D eigenvalue weighted by Crippen LogP contribution is -1.61. The van der Waals surface area contributed by atoms with Crippen LogP contribution in [0.5, 0.6) is 0 Å². The first kappa shape index (κ1) is 7.70. The average Bonchev–Trinajstić information content (AvgIpc) is 2.31. The standard InChI is InChI=1S/C7H6Cl2O/c8-5-1-2-6-3-4-7(9)10-6/h1-4H,5H2. The summed E-state index contributed by atoms with van der Waals surface area (Å²) in [5, 5.41) is 0.397. The predicted molar refractivity (Wildman–Crippen MR) is 43.5 cm³/mol. The minimum atomic E-state index is 0.397. The molecule has 3 heteroatoms. The summed E-state index contributed by atoms with van der Waals surface area (Å²) in [6.45, 7) is 0. The molecule has 0 aliphatic rings. The van der Waals surface area contributed by atoms with Crippen molar-refractivity contribution in [1.82, 2.24) is 0 Å². The summed E-state index contributed by atoms with van der Waals surface area (Å²) in [5.41, 5.74) is 0. The lowest BCUT2D eigenvalue weighted by Gasteiger charge is -1.80. The molecule has 1 rings (SSSR count). The highest BCUT2D eigenvalue weighted by molar-refractivity contribution is 6.28. The van der Waals surface area contributed by atoms with Crippen molar-refractivity contribution in [3.63, 3.8) is 0 Å². The molecule has 0 radical (unpaired) electrons. The highest BCUT2D eigenvalue weighted by Crippen LogP contribution is 2.13. The Morgan fingerprint density at radius 3 is 2.80 bits per heavy atom. The van der Waals surface area contributed by atoms with Crippen molar-refractivity contribution in [2.24, 2.45) is 0 Å². The number of alkyl halides is 1. The van der Waals surface area contributed by atoms with Crippen LogP contribution in [0.4, 0.5) is 0 Å². The lowest BCUT2D eigenvalue weighted by atomic mass is 10.4. The summed E-state index contributed by atoms with van der Waals surface area (Å²) in [6.07, 6.45) is 3.57. The lowest BCUT2D eigenvalue weighted by molar-refractivity contribution is 0.559. The van der Waals surface area contributed by atoms with E-state index in [0.717, 1.165) is 5.76 Å². The van der Waals surface area contributed by atoms with E-state index in [9.17, 15) is 0 Å². The summed E-state index contributed by atoms with van der Waals surface area (Å²) >= 11 is 10.9. The maximum absolute atomic E-state index is 5.51. The van der Waals surface area contributed by atoms with E-state index in [4.69, 9.17) is 27.6 Å². The maximum atomic E-state index is 5.51. The molecule has 0 spiro atoms. The zero-order valence-electron chi connectivity index (χ0n) is 5.18. The Kier molecular flexibility index (Phi) is 2.84. The first-order chi connectivity index (χ1) is 4.83. The van der Waals surface area contributed by atoms with Crippen LogP contribution in [0.25, 0.3) is 6.08 Å². The van der Waals surface area contributed by atoms with E-state index in [1.54, 1.807) is 24.3 Å². The molecule has 10 heavy (non-hydrogen) atoms. The molecule has 1 aromatic heterocycles. The van der Waals surface area contributed by atoms with Gasteiger partial charge < -0.3 is 4.42 Å². The Morgan fingerprint density at radius 1 is 1.50 bits per heavy atom. The van der Waals surface area contributed by atoms with Gasteiger partial charge in [0.25, 0.3) is 0 Å². The van der Waals surface area contributed by atoms with Gasteiger partial charge in [0.2, 0.25) is 0 Å².